The lowest BCUT2D eigenvalue weighted by molar-refractivity contribution is -0.385. The van der Waals surface area contributed by atoms with E-state index in [2.05, 4.69) is 21.0 Å². The van der Waals surface area contributed by atoms with Gasteiger partial charge in [-0.15, -0.1) is 0 Å². The number of benzene rings is 1. The summed E-state index contributed by atoms with van der Waals surface area (Å²) in [5.74, 6) is -0.735. The second kappa shape index (κ2) is 7.09. The van der Waals surface area contributed by atoms with Gasteiger partial charge in [0.15, 0.2) is 0 Å². The number of amides is 1. The van der Waals surface area contributed by atoms with Gasteiger partial charge in [0.2, 0.25) is 5.91 Å². The minimum atomic E-state index is -4.23. The highest BCUT2D eigenvalue weighted by Gasteiger charge is 2.23. The predicted molar refractivity (Wildman–Crippen MR) is 87.7 cm³/mol. The molecule has 0 saturated carbocycles. The number of non-ortho nitro benzene ring substituents is 1. The molecule has 0 unspecified atom stereocenters. The van der Waals surface area contributed by atoms with Crippen LogP contribution in [0.2, 0.25) is 0 Å². The van der Waals surface area contributed by atoms with E-state index in [9.17, 15) is 23.3 Å². The van der Waals surface area contributed by atoms with Crippen LogP contribution in [0.25, 0.3) is 0 Å². The Kier molecular flexibility index (Phi) is 5.34. The molecule has 0 radical (unpaired) electrons. The molecule has 128 valence electrons. The topological polar surface area (TPSA) is 124 Å². The Morgan fingerprint density at radius 1 is 1.46 bits per heavy atom. The molecule has 1 heterocycles. The zero-order valence-electron chi connectivity index (χ0n) is 12.5. The first-order valence-electron chi connectivity index (χ1n) is 6.68. The van der Waals surface area contributed by atoms with Gasteiger partial charge in [-0.3, -0.25) is 19.6 Å². The van der Waals surface area contributed by atoms with E-state index in [-0.39, 0.29) is 22.3 Å². The summed E-state index contributed by atoms with van der Waals surface area (Å²) in [5, 5.41) is 14.8. The maximum Gasteiger partial charge on any atom is 0.270 e. The van der Waals surface area contributed by atoms with Gasteiger partial charge in [0.05, 0.1) is 11.1 Å². The Bertz CT molecular complexity index is 894. The minimum Gasteiger partial charge on any atom is -0.274 e. The Hall–Kier alpha value is -2.27. The van der Waals surface area contributed by atoms with E-state index in [4.69, 9.17) is 0 Å². The highest BCUT2D eigenvalue weighted by Crippen LogP contribution is 2.26. The maximum atomic E-state index is 12.2. The van der Waals surface area contributed by atoms with Gasteiger partial charge in [-0.25, -0.2) is 13.1 Å². The molecular weight excluding hydrogens is 404 g/mol. The molecule has 0 bridgehead atoms. The zero-order valence-corrected chi connectivity index (χ0v) is 14.9. The first-order chi connectivity index (χ1) is 11.2. The average Bonchev–Trinajstić information content (AvgIpc) is 2.90. The summed E-state index contributed by atoms with van der Waals surface area (Å²) < 4.78 is 28.0. The van der Waals surface area contributed by atoms with Crippen molar-refractivity contribution in [1.29, 1.82) is 0 Å². The summed E-state index contributed by atoms with van der Waals surface area (Å²) in [5.41, 5.74) is 0.529. The number of sulfonamides is 1. The quantitative estimate of drug-likeness (QED) is 0.564. The third-order valence-corrected chi connectivity index (χ3v) is 5.36. The summed E-state index contributed by atoms with van der Waals surface area (Å²) in [6.07, 6.45) is 3.24. The highest BCUT2D eigenvalue weighted by molar-refractivity contribution is 9.10. The van der Waals surface area contributed by atoms with Crippen LogP contribution in [0, 0.1) is 17.0 Å². The van der Waals surface area contributed by atoms with Crippen molar-refractivity contribution in [2.75, 3.05) is 0 Å². The zero-order chi connectivity index (χ0) is 17.9. The van der Waals surface area contributed by atoms with Gasteiger partial charge in [-0.2, -0.15) is 5.10 Å². The van der Waals surface area contributed by atoms with Crippen LogP contribution in [0.5, 0.6) is 0 Å². The van der Waals surface area contributed by atoms with E-state index in [1.165, 1.54) is 10.7 Å². The summed E-state index contributed by atoms with van der Waals surface area (Å²) in [4.78, 5) is 21.5. The number of carbonyl (C=O) groups is 1. The summed E-state index contributed by atoms with van der Waals surface area (Å²) in [6.45, 7) is 2.05. The summed E-state index contributed by atoms with van der Waals surface area (Å²) >= 11 is 3.02. The molecular formula is C13H13BrN4O5S. The second-order valence-electron chi connectivity index (χ2n) is 4.93. The molecule has 9 nitrogen and oxygen atoms in total. The van der Waals surface area contributed by atoms with E-state index in [0.29, 0.717) is 0 Å². The number of hydrogen-bond donors (Lipinski definition) is 1. The number of halogens is 1. The monoisotopic (exact) mass is 416 g/mol. The molecule has 1 amide bonds. The lowest BCUT2D eigenvalue weighted by Gasteiger charge is -2.08. The summed E-state index contributed by atoms with van der Waals surface area (Å²) in [6, 6.07) is 3.28. The molecule has 1 N–H and O–H groups in total. The predicted octanol–water partition coefficient (Wildman–Crippen LogP) is 1.76. The van der Waals surface area contributed by atoms with Crippen LogP contribution in [0.15, 0.2) is 40.0 Å². The van der Waals surface area contributed by atoms with Crippen molar-refractivity contribution in [1.82, 2.24) is 14.5 Å². The number of nitro benzene ring substituents is 1. The Balaban J connectivity index is 2.11. The van der Waals surface area contributed by atoms with Gasteiger partial charge < -0.3 is 0 Å². The molecule has 0 aliphatic heterocycles. The standard InChI is InChI=1S/C13H13BrN4O5S/c1-9-7-15-17(8-9)5-4-13(19)16-24(22,23)12-6-10(18(20)21)2-3-11(12)14/h2-3,6-8H,4-5H2,1H3,(H,16,19). The number of carbonyl (C=O) groups excluding carboxylic acids is 1. The number of rotatable bonds is 6. The fraction of sp³-hybridized carbons (Fsp3) is 0.231. The number of aryl methyl sites for hydroxylation is 2. The van der Waals surface area contributed by atoms with Crippen LogP contribution in [-0.2, 0) is 21.4 Å². The third kappa shape index (κ3) is 4.38. The minimum absolute atomic E-state index is 0.104. The highest BCUT2D eigenvalue weighted by atomic mass is 79.9. The van der Waals surface area contributed by atoms with E-state index < -0.39 is 26.5 Å². The van der Waals surface area contributed by atoms with Crippen LogP contribution < -0.4 is 4.72 Å². The van der Waals surface area contributed by atoms with Gasteiger partial charge in [-0.05, 0) is 34.5 Å². The number of nitrogens with zero attached hydrogens (tertiary/aromatic N) is 3. The Morgan fingerprint density at radius 2 is 2.17 bits per heavy atom. The van der Waals surface area contributed by atoms with Gasteiger partial charge in [0.1, 0.15) is 4.90 Å². The van der Waals surface area contributed by atoms with Gasteiger partial charge in [0.25, 0.3) is 15.7 Å². The lowest BCUT2D eigenvalue weighted by Crippen LogP contribution is -2.31. The molecule has 1 aromatic carbocycles. The number of nitrogens with one attached hydrogen (secondary N) is 1. The normalized spacial score (nSPS) is 11.2. The van der Waals surface area contributed by atoms with Crippen molar-refractivity contribution in [3.8, 4) is 0 Å². The van der Waals surface area contributed by atoms with Crippen molar-refractivity contribution in [2.45, 2.75) is 24.8 Å². The molecule has 0 atom stereocenters. The molecule has 11 heteroatoms. The largest absolute Gasteiger partial charge is 0.274 e. The van der Waals surface area contributed by atoms with Crippen molar-refractivity contribution >= 4 is 37.5 Å². The second-order valence-corrected chi connectivity index (χ2v) is 7.44. The first kappa shape index (κ1) is 18.1. The molecule has 1 aromatic heterocycles. The average molecular weight is 417 g/mol. The SMILES string of the molecule is Cc1cnn(CCC(=O)NS(=O)(=O)c2cc([N+](=O)[O-])ccc2Br)c1. The number of hydrogen-bond acceptors (Lipinski definition) is 6. The van der Waals surface area contributed by atoms with Gasteiger partial charge in [-0.1, -0.05) is 0 Å². The molecule has 2 aromatic rings. The maximum absolute atomic E-state index is 12.2. The number of nitro groups is 1. The van der Waals surface area contributed by atoms with Crippen LogP contribution in [0.3, 0.4) is 0 Å². The van der Waals surface area contributed by atoms with Crippen molar-refractivity contribution < 1.29 is 18.1 Å². The van der Waals surface area contributed by atoms with Crippen molar-refractivity contribution in [3.05, 3.63) is 50.7 Å². The fourth-order valence-corrected chi connectivity index (χ4v) is 3.87. The van der Waals surface area contributed by atoms with Gasteiger partial charge >= 0.3 is 0 Å². The Morgan fingerprint density at radius 3 is 2.75 bits per heavy atom. The van der Waals surface area contributed by atoms with E-state index in [1.807, 2.05) is 11.6 Å². The third-order valence-electron chi connectivity index (χ3n) is 2.99. The molecule has 0 aliphatic rings. The van der Waals surface area contributed by atoms with Crippen LogP contribution in [0.1, 0.15) is 12.0 Å². The Labute approximate surface area is 146 Å². The van der Waals surface area contributed by atoms with Crippen molar-refractivity contribution in [3.63, 3.8) is 0 Å². The smallest absolute Gasteiger partial charge is 0.270 e. The lowest BCUT2D eigenvalue weighted by atomic mass is 10.3. The summed E-state index contributed by atoms with van der Waals surface area (Å²) in [7, 11) is -4.23. The van der Waals surface area contributed by atoms with Crippen LogP contribution in [-0.4, -0.2) is 29.0 Å². The molecule has 2 rings (SSSR count). The molecule has 0 saturated heterocycles. The van der Waals surface area contributed by atoms with Gasteiger partial charge in [0, 0.05) is 35.8 Å². The molecule has 0 fully saturated rings. The molecule has 24 heavy (non-hydrogen) atoms. The van der Waals surface area contributed by atoms with Crippen molar-refractivity contribution in [2.24, 2.45) is 0 Å². The van der Waals surface area contributed by atoms with E-state index >= 15 is 0 Å². The molecule has 0 spiro atoms. The first-order valence-corrected chi connectivity index (χ1v) is 8.95. The van der Waals surface area contributed by atoms with Crippen LogP contribution in [0.4, 0.5) is 5.69 Å². The van der Waals surface area contributed by atoms with E-state index in [1.54, 1.807) is 12.4 Å². The fourth-order valence-electron chi connectivity index (χ4n) is 1.87. The molecule has 0 aliphatic carbocycles. The van der Waals surface area contributed by atoms with Crippen LogP contribution >= 0.6 is 15.9 Å². The number of aromatic nitrogens is 2. The van der Waals surface area contributed by atoms with E-state index in [0.717, 1.165) is 17.7 Å².